The van der Waals surface area contributed by atoms with Gasteiger partial charge in [0.05, 0.1) is 17.1 Å². The van der Waals surface area contributed by atoms with Crippen molar-refractivity contribution in [2.45, 2.75) is 65.5 Å². The monoisotopic (exact) mass is 273 g/mol. The van der Waals surface area contributed by atoms with E-state index < -0.39 is 0 Å². The van der Waals surface area contributed by atoms with Gasteiger partial charge in [-0.3, -0.25) is 0 Å². The van der Waals surface area contributed by atoms with E-state index in [0.29, 0.717) is 12.0 Å². The number of rotatable bonds is 5. The van der Waals surface area contributed by atoms with E-state index in [1.165, 1.54) is 11.1 Å². The third kappa shape index (κ3) is 2.73. The van der Waals surface area contributed by atoms with Gasteiger partial charge in [-0.1, -0.05) is 33.3 Å². The zero-order valence-electron chi connectivity index (χ0n) is 13.4. The molecule has 0 aliphatic heterocycles. The average molecular weight is 273 g/mol. The molecule has 2 N–H and O–H groups in total. The van der Waals surface area contributed by atoms with Crippen LogP contribution in [0.25, 0.3) is 11.0 Å². The molecule has 0 amide bonds. The lowest BCUT2D eigenvalue weighted by Crippen LogP contribution is -2.17. The first kappa shape index (κ1) is 15.0. The van der Waals surface area contributed by atoms with Gasteiger partial charge in [-0.25, -0.2) is 4.98 Å². The van der Waals surface area contributed by atoms with Gasteiger partial charge in [0.15, 0.2) is 0 Å². The molecular formula is C17H27N3. The fourth-order valence-electron chi connectivity index (χ4n) is 2.74. The van der Waals surface area contributed by atoms with Gasteiger partial charge in [0.1, 0.15) is 5.82 Å². The van der Waals surface area contributed by atoms with Gasteiger partial charge in [-0.2, -0.15) is 0 Å². The molecule has 3 nitrogen and oxygen atoms in total. The Morgan fingerprint density at radius 1 is 1.20 bits per heavy atom. The lowest BCUT2D eigenvalue weighted by molar-refractivity contribution is 0.520. The summed E-state index contributed by atoms with van der Waals surface area (Å²) in [4.78, 5) is 4.83. The molecule has 0 fully saturated rings. The summed E-state index contributed by atoms with van der Waals surface area (Å²) in [5.41, 5.74) is 9.93. The van der Waals surface area contributed by atoms with E-state index in [4.69, 9.17) is 10.7 Å². The summed E-state index contributed by atoms with van der Waals surface area (Å²) in [6, 6.07) is 7.02. The first-order chi connectivity index (χ1) is 9.45. The van der Waals surface area contributed by atoms with Crippen molar-refractivity contribution in [3.05, 3.63) is 29.6 Å². The minimum absolute atomic E-state index is 0.0253. The highest BCUT2D eigenvalue weighted by molar-refractivity contribution is 5.77. The van der Waals surface area contributed by atoms with Gasteiger partial charge in [-0.15, -0.1) is 0 Å². The van der Waals surface area contributed by atoms with Crippen LogP contribution in [0.3, 0.4) is 0 Å². The average Bonchev–Trinajstić information content (AvgIpc) is 2.77. The number of nitrogens with zero attached hydrogens (tertiary/aromatic N) is 2. The molecule has 1 unspecified atom stereocenters. The minimum Gasteiger partial charge on any atom is -0.324 e. The minimum atomic E-state index is 0.0253. The number of nitrogens with two attached hydrogens (primary N) is 1. The van der Waals surface area contributed by atoms with Crippen molar-refractivity contribution in [3.8, 4) is 0 Å². The van der Waals surface area contributed by atoms with Crippen LogP contribution in [0.5, 0.6) is 0 Å². The summed E-state index contributed by atoms with van der Waals surface area (Å²) in [5, 5.41) is 0. The predicted octanol–water partition coefficient (Wildman–Crippen LogP) is 4.54. The van der Waals surface area contributed by atoms with E-state index >= 15 is 0 Å². The zero-order chi connectivity index (χ0) is 14.9. The lowest BCUT2D eigenvalue weighted by atomic mass is 10.0. The molecule has 2 rings (SSSR count). The van der Waals surface area contributed by atoms with Crippen LogP contribution in [-0.2, 0) is 0 Å². The highest BCUT2D eigenvalue weighted by atomic mass is 15.1. The summed E-state index contributed by atoms with van der Waals surface area (Å²) in [6.07, 6.45) is 2.06. The third-order valence-electron chi connectivity index (χ3n) is 3.86. The van der Waals surface area contributed by atoms with Crippen LogP contribution in [0.1, 0.15) is 76.8 Å². The Balaban J connectivity index is 2.59. The summed E-state index contributed by atoms with van der Waals surface area (Å²) < 4.78 is 2.29. The van der Waals surface area contributed by atoms with Gasteiger partial charge in [-0.05, 0) is 43.9 Å². The molecule has 0 spiro atoms. The largest absolute Gasteiger partial charge is 0.324 e. The maximum Gasteiger partial charge on any atom is 0.127 e. The standard InChI is InChI=1S/C17H27N3/c1-6-7-14(18)17-19-15-10-13(11(2)3)8-9-16(15)20(17)12(4)5/h8-12,14H,6-7,18H2,1-5H3. The lowest BCUT2D eigenvalue weighted by Gasteiger charge is -2.17. The van der Waals surface area contributed by atoms with Crippen molar-refractivity contribution in [2.24, 2.45) is 5.73 Å². The molecule has 0 aliphatic carbocycles. The van der Waals surface area contributed by atoms with Crippen molar-refractivity contribution in [1.82, 2.24) is 9.55 Å². The molecule has 0 aliphatic rings. The van der Waals surface area contributed by atoms with Crippen LogP contribution in [0, 0.1) is 0 Å². The summed E-state index contributed by atoms with van der Waals surface area (Å²) in [6.45, 7) is 11.0. The van der Waals surface area contributed by atoms with Gasteiger partial charge < -0.3 is 10.3 Å². The van der Waals surface area contributed by atoms with Gasteiger partial charge in [0, 0.05) is 6.04 Å². The summed E-state index contributed by atoms with van der Waals surface area (Å²) in [7, 11) is 0. The Morgan fingerprint density at radius 3 is 2.45 bits per heavy atom. The molecule has 110 valence electrons. The number of fused-ring (bicyclic) bond motifs is 1. The molecule has 0 radical (unpaired) electrons. The van der Waals surface area contributed by atoms with Gasteiger partial charge >= 0.3 is 0 Å². The Bertz CT molecular complexity index is 581. The number of hydrogen-bond donors (Lipinski definition) is 1. The maximum atomic E-state index is 6.32. The number of aromatic nitrogens is 2. The molecular weight excluding hydrogens is 246 g/mol. The van der Waals surface area contributed by atoms with Gasteiger partial charge in [0.2, 0.25) is 0 Å². The molecule has 3 heteroatoms. The van der Waals surface area contributed by atoms with Crippen molar-refractivity contribution < 1.29 is 0 Å². The second-order valence-corrected chi connectivity index (χ2v) is 6.23. The Morgan fingerprint density at radius 2 is 1.90 bits per heavy atom. The molecule has 1 atom stereocenters. The Hall–Kier alpha value is -1.35. The number of benzene rings is 1. The van der Waals surface area contributed by atoms with Crippen LogP contribution in [0.4, 0.5) is 0 Å². The molecule has 0 saturated carbocycles. The van der Waals surface area contributed by atoms with Crippen molar-refractivity contribution >= 4 is 11.0 Å². The fraction of sp³-hybridized carbons (Fsp3) is 0.588. The molecule has 2 aromatic rings. The smallest absolute Gasteiger partial charge is 0.127 e. The fourth-order valence-corrected chi connectivity index (χ4v) is 2.74. The number of hydrogen-bond acceptors (Lipinski definition) is 2. The topological polar surface area (TPSA) is 43.8 Å². The number of imidazole rings is 1. The van der Waals surface area contributed by atoms with Crippen LogP contribution in [0.2, 0.25) is 0 Å². The third-order valence-corrected chi connectivity index (χ3v) is 3.86. The maximum absolute atomic E-state index is 6.32. The van der Waals surface area contributed by atoms with E-state index in [2.05, 4.69) is 57.4 Å². The van der Waals surface area contributed by atoms with E-state index in [9.17, 15) is 0 Å². The van der Waals surface area contributed by atoms with E-state index in [-0.39, 0.29) is 6.04 Å². The molecule has 0 bridgehead atoms. The molecule has 1 aromatic carbocycles. The molecule has 0 saturated heterocycles. The summed E-state index contributed by atoms with van der Waals surface area (Å²) >= 11 is 0. The second kappa shape index (κ2) is 5.96. The van der Waals surface area contributed by atoms with E-state index in [1.54, 1.807) is 0 Å². The predicted molar refractivity (Wildman–Crippen MR) is 86.0 cm³/mol. The highest BCUT2D eigenvalue weighted by Gasteiger charge is 2.18. The normalized spacial score (nSPS) is 13.6. The highest BCUT2D eigenvalue weighted by Crippen LogP contribution is 2.28. The molecule has 1 heterocycles. The molecule has 20 heavy (non-hydrogen) atoms. The Kier molecular flexibility index (Phi) is 4.48. The van der Waals surface area contributed by atoms with Crippen LogP contribution >= 0.6 is 0 Å². The van der Waals surface area contributed by atoms with E-state index in [1.807, 2.05) is 0 Å². The van der Waals surface area contributed by atoms with E-state index in [0.717, 1.165) is 24.2 Å². The van der Waals surface area contributed by atoms with Crippen molar-refractivity contribution in [2.75, 3.05) is 0 Å². The van der Waals surface area contributed by atoms with Crippen LogP contribution in [-0.4, -0.2) is 9.55 Å². The van der Waals surface area contributed by atoms with Crippen LogP contribution in [0.15, 0.2) is 18.2 Å². The second-order valence-electron chi connectivity index (χ2n) is 6.23. The quantitative estimate of drug-likeness (QED) is 0.869. The molecule has 1 aromatic heterocycles. The summed E-state index contributed by atoms with van der Waals surface area (Å²) in [5.74, 6) is 1.55. The first-order valence-corrected chi connectivity index (χ1v) is 7.73. The zero-order valence-corrected chi connectivity index (χ0v) is 13.4. The van der Waals surface area contributed by atoms with Crippen LogP contribution < -0.4 is 5.73 Å². The van der Waals surface area contributed by atoms with Crippen molar-refractivity contribution in [3.63, 3.8) is 0 Å². The van der Waals surface area contributed by atoms with Crippen molar-refractivity contribution in [1.29, 1.82) is 0 Å². The first-order valence-electron chi connectivity index (χ1n) is 7.73. The Labute approximate surface area is 122 Å². The SMILES string of the molecule is CCCC(N)c1nc2cc(C(C)C)ccc2n1C(C)C. The van der Waals surface area contributed by atoms with Gasteiger partial charge in [0.25, 0.3) is 0 Å².